The van der Waals surface area contributed by atoms with Crippen molar-refractivity contribution in [1.82, 2.24) is 4.90 Å². The topological polar surface area (TPSA) is 50.8 Å². The number of piperidine rings is 1. The van der Waals surface area contributed by atoms with Gasteiger partial charge in [0.1, 0.15) is 12.4 Å². The fourth-order valence-electron chi connectivity index (χ4n) is 2.18. The summed E-state index contributed by atoms with van der Waals surface area (Å²) in [5.41, 5.74) is 5.99. The minimum atomic E-state index is 0. The van der Waals surface area contributed by atoms with Crippen molar-refractivity contribution >= 4 is 29.9 Å². The van der Waals surface area contributed by atoms with Crippen LogP contribution in [-0.4, -0.2) is 37.1 Å². The third-order valence-corrected chi connectivity index (χ3v) is 3.48. The molecular formula is C15H24IN3O. The van der Waals surface area contributed by atoms with Crippen LogP contribution in [0.4, 0.5) is 0 Å². The van der Waals surface area contributed by atoms with E-state index in [0.29, 0.717) is 19.1 Å². The predicted octanol–water partition coefficient (Wildman–Crippen LogP) is 2.73. The lowest BCUT2D eigenvalue weighted by Gasteiger charge is -2.31. The zero-order chi connectivity index (χ0) is 13.5. The molecule has 20 heavy (non-hydrogen) atoms. The van der Waals surface area contributed by atoms with E-state index < -0.39 is 0 Å². The zero-order valence-electron chi connectivity index (χ0n) is 12.0. The monoisotopic (exact) mass is 389 g/mol. The smallest absolute Gasteiger partial charge is 0.191 e. The van der Waals surface area contributed by atoms with Crippen LogP contribution in [0.5, 0.6) is 5.75 Å². The van der Waals surface area contributed by atoms with Crippen molar-refractivity contribution in [3.8, 4) is 5.75 Å². The van der Waals surface area contributed by atoms with E-state index in [-0.39, 0.29) is 24.0 Å². The van der Waals surface area contributed by atoms with E-state index in [2.05, 4.69) is 16.8 Å². The molecule has 0 saturated carbocycles. The molecule has 0 aromatic heterocycles. The van der Waals surface area contributed by atoms with Gasteiger partial charge in [-0.05, 0) is 30.9 Å². The van der Waals surface area contributed by atoms with E-state index in [1.807, 2.05) is 30.3 Å². The number of rotatable bonds is 4. The van der Waals surface area contributed by atoms with Crippen molar-refractivity contribution in [1.29, 1.82) is 0 Å². The van der Waals surface area contributed by atoms with Crippen LogP contribution in [0.2, 0.25) is 0 Å². The van der Waals surface area contributed by atoms with Crippen LogP contribution in [0.25, 0.3) is 0 Å². The average Bonchev–Trinajstić information content (AvgIpc) is 2.45. The largest absolute Gasteiger partial charge is 0.492 e. The second-order valence-corrected chi connectivity index (χ2v) is 5.07. The van der Waals surface area contributed by atoms with Gasteiger partial charge in [-0.15, -0.1) is 24.0 Å². The van der Waals surface area contributed by atoms with Gasteiger partial charge >= 0.3 is 0 Å². The molecule has 0 bridgehead atoms. The molecule has 0 unspecified atom stereocenters. The summed E-state index contributed by atoms with van der Waals surface area (Å²) in [6.07, 6.45) is 2.41. The Morgan fingerprint density at radius 3 is 2.60 bits per heavy atom. The van der Waals surface area contributed by atoms with Gasteiger partial charge < -0.3 is 15.4 Å². The Morgan fingerprint density at radius 1 is 1.30 bits per heavy atom. The fraction of sp³-hybridized carbons (Fsp3) is 0.533. The van der Waals surface area contributed by atoms with Crippen LogP contribution >= 0.6 is 24.0 Å². The number of nitrogens with zero attached hydrogens (tertiary/aromatic N) is 2. The highest BCUT2D eigenvalue weighted by atomic mass is 127. The van der Waals surface area contributed by atoms with E-state index in [4.69, 9.17) is 10.5 Å². The molecule has 1 fully saturated rings. The quantitative estimate of drug-likeness (QED) is 0.373. The summed E-state index contributed by atoms with van der Waals surface area (Å²) >= 11 is 0. The van der Waals surface area contributed by atoms with Crippen LogP contribution in [0.15, 0.2) is 35.3 Å². The Balaban J connectivity index is 0.00000200. The molecular weight excluding hydrogens is 365 g/mol. The van der Waals surface area contributed by atoms with Crippen LogP contribution in [-0.2, 0) is 0 Å². The summed E-state index contributed by atoms with van der Waals surface area (Å²) < 4.78 is 5.58. The molecule has 2 N–H and O–H groups in total. The molecule has 5 heteroatoms. The molecule has 0 aliphatic carbocycles. The number of benzene rings is 1. The van der Waals surface area contributed by atoms with Crippen molar-refractivity contribution in [2.24, 2.45) is 16.6 Å². The van der Waals surface area contributed by atoms with Gasteiger partial charge in [-0.25, -0.2) is 4.99 Å². The minimum absolute atomic E-state index is 0. The third kappa shape index (κ3) is 5.56. The molecule has 0 atom stereocenters. The normalized spacial score (nSPS) is 16.6. The zero-order valence-corrected chi connectivity index (χ0v) is 14.3. The third-order valence-electron chi connectivity index (χ3n) is 3.48. The first-order valence-corrected chi connectivity index (χ1v) is 6.98. The highest BCUT2D eigenvalue weighted by Crippen LogP contribution is 2.15. The number of likely N-dealkylation sites (tertiary alicyclic amines) is 1. The van der Waals surface area contributed by atoms with E-state index >= 15 is 0 Å². The number of nitrogens with two attached hydrogens (primary N) is 1. The summed E-state index contributed by atoms with van der Waals surface area (Å²) in [6.45, 7) is 5.51. The van der Waals surface area contributed by atoms with Gasteiger partial charge in [-0.1, -0.05) is 25.1 Å². The van der Waals surface area contributed by atoms with Gasteiger partial charge in [-0.3, -0.25) is 0 Å². The second kappa shape index (κ2) is 9.05. The molecule has 1 aliphatic heterocycles. The fourth-order valence-corrected chi connectivity index (χ4v) is 2.18. The van der Waals surface area contributed by atoms with E-state index in [9.17, 15) is 0 Å². The number of para-hydroxylation sites is 1. The Kier molecular flexibility index (Phi) is 7.72. The molecule has 1 aromatic carbocycles. The highest BCUT2D eigenvalue weighted by Gasteiger charge is 2.16. The number of hydrogen-bond donors (Lipinski definition) is 1. The van der Waals surface area contributed by atoms with Gasteiger partial charge in [0, 0.05) is 13.1 Å². The van der Waals surface area contributed by atoms with Crippen molar-refractivity contribution in [2.45, 2.75) is 19.8 Å². The summed E-state index contributed by atoms with van der Waals surface area (Å²) in [6, 6.07) is 9.78. The van der Waals surface area contributed by atoms with Crippen LogP contribution in [0.1, 0.15) is 19.8 Å². The van der Waals surface area contributed by atoms with Crippen LogP contribution in [0, 0.1) is 5.92 Å². The maximum absolute atomic E-state index is 5.99. The molecule has 112 valence electrons. The van der Waals surface area contributed by atoms with Gasteiger partial charge in [-0.2, -0.15) is 0 Å². The van der Waals surface area contributed by atoms with Crippen molar-refractivity contribution in [3.05, 3.63) is 30.3 Å². The highest BCUT2D eigenvalue weighted by molar-refractivity contribution is 14.0. The maximum Gasteiger partial charge on any atom is 0.191 e. The minimum Gasteiger partial charge on any atom is -0.492 e. The molecule has 1 aromatic rings. The number of hydrogen-bond acceptors (Lipinski definition) is 2. The van der Waals surface area contributed by atoms with Crippen molar-refractivity contribution < 1.29 is 4.74 Å². The Morgan fingerprint density at radius 2 is 1.95 bits per heavy atom. The number of guanidine groups is 1. The van der Waals surface area contributed by atoms with Crippen LogP contribution < -0.4 is 10.5 Å². The molecule has 0 amide bonds. The van der Waals surface area contributed by atoms with Crippen molar-refractivity contribution in [2.75, 3.05) is 26.2 Å². The second-order valence-electron chi connectivity index (χ2n) is 5.07. The van der Waals surface area contributed by atoms with Gasteiger partial charge in [0.25, 0.3) is 0 Å². The molecule has 1 heterocycles. The first-order valence-electron chi connectivity index (χ1n) is 6.98. The molecule has 0 spiro atoms. The van der Waals surface area contributed by atoms with Gasteiger partial charge in [0.05, 0.1) is 6.54 Å². The maximum atomic E-state index is 5.99. The lowest BCUT2D eigenvalue weighted by molar-refractivity contribution is 0.276. The van der Waals surface area contributed by atoms with Crippen molar-refractivity contribution in [3.63, 3.8) is 0 Å². The van der Waals surface area contributed by atoms with Gasteiger partial charge in [0.2, 0.25) is 0 Å². The summed E-state index contributed by atoms with van der Waals surface area (Å²) in [5, 5.41) is 0. The lowest BCUT2D eigenvalue weighted by atomic mass is 10.00. The first-order chi connectivity index (χ1) is 9.25. The van der Waals surface area contributed by atoms with Crippen LogP contribution in [0.3, 0.4) is 0 Å². The Labute approximate surface area is 138 Å². The molecule has 0 radical (unpaired) electrons. The average molecular weight is 389 g/mol. The first kappa shape index (κ1) is 17.1. The number of halogens is 1. The Hall–Kier alpha value is -0.980. The SMILES string of the molecule is CC1CCN(C(N)=NCCOc2ccccc2)CC1.I. The van der Waals surface area contributed by atoms with E-state index in [1.54, 1.807) is 0 Å². The summed E-state index contributed by atoms with van der Waals surface area (Å²) in [4.78, 5) is 6.55. The Bertz CT molecular complexity index is 403. The predicted molar refractivity (Wildman–Crippen MR) is 93.8 cm³/mol. The standard InChI is InChI=1S/C15H23N3O.HI/c1-13-7-10-18(11-8-13)15(16)17-9-12-19-14-5-3-2-4-6-14;/h2-6,13H,7-12H2,1H3,(H2,16,17);1H. The number of aliphatic imine (C=N–C) groups is 1. The molecule has 1 saturated heterocycles. The molecule has 2 rings (SSSR count). The summed E-state index contributed by atoms with van der Waals surface area (Å²) in [7, 11) is 0. The lowest BCUT2D eigenvalue weighted by Crippen LogP contribution is -2.42. The molecule has 1 aliphatic rings. The van der Waals surface area contributed by atoms with E-state index in [0.717, 1.165) is 24.8 Å². The summed E-state index contributed by atoms with van der Waals surface area (Å²) in [5.74, 6) is 2.34. The molecule has 4 nitrogen and oxygen atoms in total. The van der Waals surface area contributed by atoms with E-state index in [1.165, 1.54) is 12.8 Å². The number of ether oxygens (including phenoxy) is 1. The van der Waals surface area contributed by atoms with Gasteiger partial charge in [0.15, 0.2) is 5.96 Å².